The topological polar surface area (TPSA) is 54.4 Å². The van der Waals surface area contributed by atoms with Gasteiger partial charge in [0.2, 0.25) is 0 Å². The molecule has 3 nitrogen and oxygen atoms in total. The summed E-state index contributed by atoms with van der Waals surface area (Å²) in [4.78, 5) is 0. The summed E-state index contributed by atoms with van der Waals surface area (Å²) in [6.07, 6.45) is 1.40. The van der Waals surface area contributed by atoms with Crippen LogP contribution in [0.15, 0.2) is 43.0 Å². The van der Waals surface area contributed by atoms with Crippen molar-refractivity contribution in [2.24, 2.45) is 5.92 Å². The van der Waals surface area contributed by atoms with Crippen molar-refractivity contribution in [3.8, 4) is 0 Å². The summed E-state index contributed by atoms with van der Waals surface area (Å²) in [5.74, 6) is 0.418. The van der Waals surface area contributed by atoms with E-state index in [1.165, 1.54) is 6.08 Å². The normalized spacial score (nSPS) is 16.0. The lowest BCUT2D eigenvalue weighted by atomic mass is 10.1. The zero-order valence-electron chi connectivity index (χ0n) is 10.8. The Labute approximate surface area is 111 Å². The predicted molar refractivity (Wildman–Crippen MR) is 78.1 cm³/mol. The minimum absolute atomic E-state index is 0.418. The maximum absolute atomic E-state index is 11.8. The van der Waals surface area contributed by atoms with Gasteiger partial charge in [0.05, 0.1) is 9.52 Å². The molecule has 0 aliphatic heterocycles. The van der Waals surface area contributed by atoms with Gasteiger partial charge in [0.1, 0.15) is 4.37 Å². The molecule has 100 valence electrons. The van der Waals surface area contributed by atoms with Crippen molar-refractivity contribution in [2.45, 2.75) is 24.3 Å². The maximum atomic E-state index is 11.8. The van der Waals surface area contributed by atoms with Gasteiger partial charge in [0.15, 0.2) is 0 Å². The molecule has 0 aromatic heterocycles. The van der Waals surface area contributed by atoms with E-state index >= 15 is 0 Å². The molecule has 0 heterocycles. The van der Waals surface area contributed by atoms with Crippen LogP contribution in [0.3, 0.4) is 0 Å². The quantitative estimate of drug-likeness (QED) is 0.495. The van der Waals surface area contributed by atoms with Gasteiger partial charge in [-0.1, -0.05) is 56.3 Å². The summed E-state index contributed by atoms with van der Waals surface area (Å²) >= 11 is 0. The van der Waals surface area contributed by atoms with E-state index in [1.54, 1.807) is 24.3 Å². The van der Waals surface area contributed by atoms with Crippen LogP contribution in [0.4, 0.5) is 0 Å². The minimum atomic E-state index is -4.18. The van der Waals surface area contributed by atoms with E-state index in [0.29, 0.717) is 11.5 Å². The van der Waals surface area contributed by atoms with Crippen molar-refractivity contribution in [3.63, 3.8) is 0 Å². The van der Waals surface area contributed by atoms with Crippen molar-refractivity contribution in [3.05, 3.63) is 48.6 Å². The summed E-state index contributed by atoms with van der Waals surface area (Å²) in [6, 6.07) is 9.70. The molecule has 0 radical (unpaired) electrons. The lowest BCUT2D eigenvalue weighted by molar-refractivity contribution is 0.469. The summed E-state index contributed by atoms with van der Waals surface area (Å²) in [6.45, 7) is 7.75. The van der Waals surface area contributed by atoms with Crippen LogP contribution in [-0.4, -0.2) is 22.5 Å². The van der Waals surface area contributed by atoms with Crippen LogP contribution in [0.5, 0.6) is 0 Å². The van der Waals surface area contributed by atoms with Gasteiger partial charge in [0, 0.05) is 0 Å². The largest absolute Gasteiger partial charge is 0.285 e. The molecule has 5 heteroatoms. The maximum Gasteiger partial charge on any atom is 0.274 e. The highest BCUT2D eigenvalue weighted by molar-refractivity contribution is 7.88. The molecule has 0 spiro atoms. The lowest BCUT2D eigenvalue weighted by Crippen LogP contribution is -2.39. The van der Waals surface area contributed by atoms with Gasteiger partial charge in [-0.25, -0.2) is 0 Å². The number of benzene rings is 1. The van der Waals surface area contributed by atoms with Gasteiger partial charge in [-0.05, 0) is 11.5 Å². The summed E-state index contributed by atoms with van der Waals surface area (Å²) in [5, 5.41) is 0. The first-order chi connectivity index (χ1) is 8.33. The molecule has 1 aromatic rings. The second-order valence-electron chi connectivity index (χ2n) is 4.87. The van der Waals surface area contributed by atoms with Crippen LogP contribution in [0.25, 0.3) is 0 Å². The second kappa shape index (κ2) is 5.82. The van der Waals surface area contributed by atoms with Gasteiger partial charge >= 0.3 is 0 Å². The van der Waals surface area contributed by atoms with Gasteiger partial charge in [-0.3, -0.25) is 4.55 Å². The molecule has 1 atom stereocenters. The second-order valence-corrected chi connectivity index (χ2v) is 9.25. The van der Waals surface area contributed by atoms with Crippen molar-refractivity contribution >= 4 is 19.6 Å². The fourth-order valence-electron chi connectivity index (χ4n) is 1.97. The van der Waals surface area contributed by atoms with E-state index in [4.69, 9.17) is 0 Å². The molecule has 0 aliphatic carbocycles. The van der Waals surface area contributed by atoms with E-state index in [1.807, 2.05) is 6.07 Å². The van der Waals surface area contributed by atoms with Gasteiger partial charge in [-0.2, -0.15) is 8.42 Å². The third-order valence-electron chi connectivity index (χ3n) is 3.15. The van der Waals surface area contributed by atoms with Gasteiger partial charge in [0.25, 0.3) is 10.1 Å². The average molecular weight is 284 g/mol. The Hall–Kier alpha value is -0.913. The minimum Gasteiger partial charge on any atom is -0.285 e. The molecular weight excluding hydrogens is 264 g/mol. The van der Waals surface area contributed by atoms with Crippen molar-refractivity contribution in [2.75, 3.05) is 0 Å². The fraction of sp³-hybridized carbons (Fsp3) is 0.385. The Morgan fingerprint density at radius 2 is 1.94 bits per heavy atom. The van der Waals surface area contributed by atoms with Crippen LogP contribution in [-0.2, 0) is 14.5 Å². The van der Waals surface area contributed by atoms with Crippen molar-refractivity contribution in [1.29, 1.82) is 0 Å². The molecule has 1 N–H and O–H groups in total. The fourth-order valence-corrected chi connectivity index (χ4v) is 5.74. The Morgan fingerprint density at radius 1 is 1.39 bits per heavy atom. The molecule has 0 aliphatic rings. The first kappa shape index (κ1) is 15.1. The van der Waals surface area contributed by atoms with Crippen molar-refractivity contribution in [1.82, 2.24) is 0 Å². The van der Waals surface area contributed by atoms with Crippen LogP contribution >= 0.6 is 0 Å². The van der Waals surface area contributed by atoms with Gasteiger partial charge < -0.3 is 0 Å². The zero-order chi connectivity index (χ0) is 13.8. The zero-order valence-corrected chi connectivity index (χ0v) is 13.1. The summed E-state index contributed by atoms with van der Waals surface area (Å²) in [5.41, 5.74) is 0.620. The van der Waals surface area contributed by atoms with E-state index in [-0.39, 0.29) is 0 Å². The summed E-state index contributed by atoms with van der Waals surface area (Å²) < 4.78 is 32.0. The third kappa shape index (κ3) is 3.10. The van der Waals surface area contributed by atoms with E-state index < -0.39 is 24.0 Å². The summed E-state index contributed by atoms with van der Waals surface area (Å²) in [7, 11) is -5.27. The number of hydrogen-bond donors (Lipinski definition) is 1. The highest BCUT2D eigenvalue weighted by Gasteiger charge is 2.41. The Bertz CT molecular complexity index is 496. The Morgan fingerprint density at radius 3 is 2.33 bits per heavy atom. The molecule has 1 unspecified atom stereocenters. The molecule has 1 rings (SSSR count). The van der Waals surface area contributed by atoms with E-state index in [2.05, 4.69) is 20.4 Å². The van der Waals surface area contributed by atoms with Crippen LogP contribution in [0.1, 0.15) is 19.4 Å². The van der Waals surface area contributed by atoms with Crippen LogP contribution in [0, 0.1) is 5.92 Å². The molecule has 1 aromatic carbocycles. The van der Waals surface area contributed by atoms with Crippen LogP contribution < -0.4 is 0 Å². The van der Waals surface area contributed by atoms with Gasteiger partial charge in [-0.15, -0.1) is 6.58 Å². The predicted octanol–water partition coefficient (Wildman–Crippen LogP) is 2.16. The molecular formula is C13H20O3SSi. The van der Waals surface area contributed by atoms with Crippen LogP contribution in [0.2, 0.25) is 6.04 Å². The first-order valence-electron chi connectivity index (χ1n) is 5.99. The average Bonchev–Trinajstić information content (AvgIpc) is 2.29. The Kier molecular flexibility index (Phi) is 4.90. The molecule has 18 heavy (non-hydrogen) atoms. The first-order valence-corrected chi connectivity index (χ1v) is 9.14. The molecule has 0 saturated carbocycles. The molecule has 0 amide bonds. The standard InChI is InChI=1S/C13H20O3SSi/c1-4-13(17(14,15)16,18-10-11(2)3)12-8-6-5-7-9-12/h4-9,11H,1,10,18H2,2-3H3,(H,14,15,16). The molecule has 0 bridgehead atoms. The lowest BCUT2D eigenvalue weighted by Gasteiger charge is -2.28. The number of hydrogen-bond acceptors (Lipinski definition) is 2. The molecule has 0 saturated heterocycles. The monoisotopic (exact) mass is 284 g/mol. The smallest absolute Gasteiger partial charge is 0.274 e. The van der Waals surface area contributed by atoms with Crippen molar-refractivity contribution < 1.29 is 13.0 Å². The van der Waals surface area contributed by atoms with E-state index in [0.717, 1.165) is 6.04 Å². The van der Waals surface area contributed by atoms with E-state index in [9.17, 15) is 13.0 Å². The Balaban J connectivity index is 3.29. The molecule has 0 fully saturated rings. The highest BCUT2D eigenvalue weighted by atomic mass is 32.2. The highest BCUT2D eigenvalue weighted by Crippen LogP contribution is 2.31. The third-order valence-corrected chi connectivity index (χ3v) is 9.06. The number of rotatable bonds is 6. The SMILES string of the molecule is C=CC([SiH2]CC(C)C)(c1ccccc1)S(=O)(=O)O.